The predicted molar refractivity (Wildman–Crippen MR) is 43.9 cm³/mol. The molecule has 0 spiro atoms. The molecule has 0 atom stereocenters. The molecule has 0 aliphatic heterocycles. The van der Waals surface area contributed by atoms with Gasteiger partial charge in [0.2, 0.25) is 0 Å². The van der Waals surface area contributed by atoms with E-state index in [1.165, 1.54) is 11.5 Å². The molecule has 50 valence electrons. The summed E-state index contributed by atoms with van der Waals surface area (Å²) < 4.78 is 5.29. The summed E-state index contributed by atoms with van der Waals surface area (Å²) >= 11 is 11.4. The van der Waals surface area contributed by atoms with E-state index < -0.39 is 0 Å². The van der Waals surface area contributed by atoms with Gasteiger partial charge in [-0.3, -0.25) is 3.96 Å². The van der Waals surface area contributed by atoms with Crippen molar-refractivity contribution in [2.75, 3.05) is 0 Å². The quantitative estimate of drug-likeness (QED) is 0.561. The van der Waals surface area contributed by atoms with Crippen LogP contribution in [0.5, 0.6) is 0 Å². The Balaban J connectivity index is 3.68. The van der Waals surface area contributed by atoms with Crippen LogP contribution in [0.3, 0.4) is 0 Å². The zero-order chi connectivity index (χ0) is 7.02. The van der Waals surface area contributed by atoms with Crippen molar-refractivity contribution in [3.05, 3.63) is 8.73 Å². The van der Waals surface area contributed by atoms with Gasteiger partial charge in [0.1, 0.15) is 0 Å². The van der Waals surface area contributed by atoms with E-state index in [-0.39, 0.29) is 0 Å². The average molecular weight is 178 g/mol. The van der Waals surface area contributed by atoms with Gasteiger partial charge in [0.05, 0.1) is 0 Å². The van der Waals surface area contributed by atoms with Gasteiger partial charge in [0, 0.05) is 14.1 Å². The first-order valence-electron chi connectivity index (χ1n) is 2.36. The number of hydrogen-bond acceptors (Lipinski definition) is 3. The summed E-state index contributed by atoms with van der Waals surface area (Å²) in [5.41, 5.74) is 0. The lowest BCUT2D eigenvalue weighted by molar-refractivity contribution is 0.823. The molecule has 0 amide bonds. The third kappa shape index (κ3) is 1.12. The Labute approximate surface area is 67.5 Å². The second-order valence-corrected chi connectivity index (χ2v) is 3.82. The molecule has 0 aliphatic rings. The molecule has 1 heterocycles. The van der Waals surface area contributed by atoms with Gasteiger partial charge in [-0.05, 0) is 36.0 Å². The fourth-order valence-corrected chi connectivity index (χ4v) is 1.89. The molecule has 0 saturated heterocycles. The third-order valence-electron chi connectivity index (χ3n) is 1.05. The van der Waals surface area contributed by atoms with Gasteiger partial charge < -0.3 is 4.57 Å². The van der Waals surface area contributed by atoms with Crippen molar-refractivity contribution in [2.24, 2.45) is 14.1 Å². The van der Waals surface area contributed by atoms with Crippen LogP contribution in [0.2, 0.25) is 0 Å². The van der Waals surface area contributed by atoms with Crippen LogP contribution in [-0.4, -0.2) is 8.52 Å². The molecule has 0 aromatic carbocycles. The third-order valence-corrected chi connectivity index (χ3v) is 3.08. The number of hydrogen-bond donors (Lipinski definition) is 0. The van der Waals surface area contributed by atoms with Crippen molar-refractivity contribution in [1.29, 1.82) is 0 Å². The molecule has 1 aromatic heterocycles. The Kier molecular flexibility index (Phi) is 1.83. The van der Waals surface area contributed by atoms with Gasteiger partial charge in [0.15, 0.2) is 8.73 Å². The Morgan fingerprint density at radius 1 is 1.33 bits per heavy atom. The summed E-state index contributed by atoms with van der Waals surface area (Å²) in [6.45, 7) is 0. The first kappa shape index (κ1) is 7.11. The van der Waals surface area contributed by atoms with Crippen LogP contribution in [0.25, 0.3) is 0 Å². The van der Waals surface area contributed by atoms with Crippen LogP contribution in [0, 0.1) is 8.73 Å². The largest absolute Gasteiger partial charge is 0.302 e. The molecule has 0 bridgehead atoms. The maximum Gasteiger partial charge on any atom is 0.190 e. The van der Waals surface area contributed by atoms with Crippen LogP contribution in [0.1, 0.15) is 0 Å². The SMILES string of the molecule is Cn1sc(=S)n(C)c1=S. The van der Waals surface area contributed by atoms with E-state index in [1.54, 1.807) is 0 Å². The Bertz CT molecular complexity index is 315. The van der Waals surface area contributed by atoms with Crippen molar-refractivity contribution in [1.82, 2.24) is 8.52 Å². The molecule has 5 heteroatoms. The van der Waals surface area contributed by atoms with Crippen molar-refractivity contribution < 1.29 is 0 Å². The summed E-state index contributed by atoms with van der Waals surface area (Å²) in [6, 6.07) is 0. The van der Waals surface area contributed by atoms with Crippen LogP contribution in [0.4, 0.5) is 0 Å². The number of aryl methyl sites for hydroxylation is 1. The van der Waals surface area contributed by atoms with Crippen molar-refractivity contribution >= 4 is 36.0 Å². The Morgan fingerprint density at radius 3 is 2.00 bits per heavy atom. The molecule has 0 N–H and O–H groups in total. The highest BCUT2D eigenvalue weighted by Gasteiger charge is 1.92. The Hall–Kier alpha value is -0.0000000000000000278. The van der Waals surface area contributed by atoms with E-state index in [2.05, 4.69) is 0 Å². The molecule has 0 aliphatic carbocycles. The summed E-state index contributed by atoms with van der Waals surface area (Å²) in [7, 11) is 3.78. The molecule has 9 heavy (non-hydrogen) atoms. The Morgan fingerprint density at radius 2 is 1.89 bits per heavy atom. The standard InChI is InChI=1S/C4H6N2S3/c1-5-3(7)6(2)9-4(5)8/h1-2H3. The van der Waals surface area contributed by atoms with E-state index in [1.807, 2.05) is 22.6 Å². The van der Waals surface area contributed by atoms with Gasteiger partial charge in [-0.2, -0.15) is 0 Å². The molecule has 0 fully saturated rings. The van der Waals surface area contributed by atoms with Crippen LogP contribution < -0.4 is 0 Å². The van der Waals surface area contributed by atoms with Crippen LogP contribution in [0.15, 0.2) is 0 Å². The van der Waals surface area contributed by atoms with Gasteiger partial charge in [0.25, 0.3) is 0 Å². The van der Waals surface area contributed by atoms with Crippen molar-refractivity contribution in [3.63, 3.8) is 0 Å². The lowest BCUT2D eigenvalue weighted by Gasteiger charge is -1.84. The first-order valence-corrected chi connectivity index (χ1v) is 3.95. The van der Waals surface area contributed by atoms with Crippen molar-refractivity contribution in [2.45, 2.75) is 0 Å². The average Bonchev–Trinajstić information content (AvgIpc) is 1.98. The summed E-state index contributed by atoms with van der Waals surface area (Å²) in [5.74, 6) is 0. The molecule has 0 saturated carbocycles. The highest BCUT2D eigenvalue weighted by Crippen LogP contribution is 2.02. The second-order valence-electron chi connectivity index (χ2n) is 1.70. The number of aromatic nitrogens is 2. The number of rotatable bonds is 0. The fourth-order valence-electron chi connectivity index (χ4n) is 0.507. The van der Waals surface area contributed by atoms with E-state index >= 15 is 0 Å². The van der Waals surface area contributed by atoms with Gasteiger partial charge in [-0.15, -0.1) is 0 Å². The predicted octanol–water partition coefficient (Wildman–Crippen LogP) is 1.88. The lowest BCUT2D eigenvalue weighted by atomic mass is 11.1. The molecule has 2 nitrogen and oxygen atoms in total. The molecular formula is C4H6N2S3. The smallest absolute Gasteiger partial charge is 0.190 e. The second kappa shape index (κ2) is 2.32. The molecular weight excluding hydrogens is 172 g/mol. The highest BCUT2D eigenvalue weighted by atomic mass is 32.2. The summed E-state index contributed by atoms with van der Waals surface area (Å²) in [5, 5.41) is 0. The van der Waals surface area contributed by atoms with Gasteiger partial charge >= 0.3 is 0 Å². The topological polar surface area (TPSA) is 9.86 Å². The minimum atomic E-state index is 0.782. The highest BCUT2D eigenvalue weighted by molar-refractivity contribution is 7.73. The van der Waals surface area contributed by atoms with Crippen LogP contribution in [-0.2, 0) is 14.1 Å². The summed E-state index contributed by atoms with van der Waals surface area (Å²) in [6.07, 6.45) is 0. The minimum absolute atomic E-state index is 0.782. The van der Waals surface area contributed by atoms with E-state index in [4.69, 9.17) is 24.4 Å². The van der Waals surface area contributed by atoms with E-state index in [0.717, 1.165) is 8.73 Å². The van der Waals surface area contributed by atoms with Crippen LogP contribution >= 0.6 is 36.0 Å². The van der Waals surface area contributed by atoms with Crippen molar-refractivity contribution in [3.8, 4) is 0 Å². The minimum Gasteiger partial charge on any atom is -0.302 e. The maximum absolute atomic E-state index is 4.98. The van der Waals surface area contributed by atoms with Gasteiger partial charge in [-0.1, -0.05) is 0 Å². The summed E-state index contributed by atoms with van der Waals surface area (Å²) in [4.78, 5) is 0. The fraction of sp³-hybridized carbons (Fsp3) is 0.500. The lowest BCUT2D eigenvalue weighted by Crippen LogP contribution is -1.89. The molecule has 1 aromatic rings. The molecule has 0 radical (unpaired) electrons. The number of nitrogens with zero attached hydrogens (tertiary/aromatic N) is 2. The molecule has 0 unspecified atom stereocenters. The van der Waals surface area contributed by atoms with E-state index in [9.17, 15) is 0 Å². The first-order chi connectivity index (χ1) is 4.13. The van der Waals surface area contributed by atoms with E-state index in [0.29, 0.717) is 0 Å². The monoisotopic (exact) mass is 178 g/mol. The molecule has 1 rings (SSSR count). The maximum atomic E-state index is 4.98. The zero-order valence-electron chi connectivity index (χ0n) is 5.12. The van der Waals surface area contributed by atoms with Gasteiger partial charge in [-0.25, -0.2) is 0 Å². The normalized spacial score (nSPS) is 10.0. The zero-order valence-corrected chi connectivity index (χ0v) is 7.57.